The fraction of sp³-hybridized carbons (Fsp3) is 0.143. The molecule has 0 aliphatic heterocycles. The van der Waals surface area contributed by atoms with Crippen LogP contribution >= 0.6 is 15.9 Å². The number of nitrogens with zero attached hydrogens (tertiary/aromatic N) is 1. The number of pyridine rings is 1. The topological polar surface area (TPSA) is 42.0 Å². The van der Waals surface area contributed by atoms with Gasteiger partial charge in [-0.1, -0.05) is 6.07 Å². The number of nitrogens with one attached hydrogen (secondary N) is 1. The number of rotatable bonds is 3. The second-order valence-electron chi connectivity index (χ2n) is 4.11. The summed E-state index contributed by atoms with van der Waals surface area (Å²) in [5, 5.41) is 2.80. The number of benzene rings is 1. The van der Waals surface area contributed by atoms with Gasteiger partial charge in [-0.3, -0.25) is 9.78 Å². The first-order valence-corrected chi connectivity index (χ1v) is 6.53. The first-order chi connectivity index (χ1) is 9.08. The van der Waals surface area contributed by atoms with Crippen molar-refractivity contribution in [2.24, 2.45) is 0 Å². The fourth-order valence-corrected chi connectivity index (χ4v) is 1.88. The Hall–Kier alpha value is -1.75. The van der Waals surface area contributed by atoms with Gasteiger partial charge in [-0.05, 0) is 52.7 Å². The van der Waals surface area contributed by atoms with Crippen molar-refractivity contribution in [1.29, 1.82) is 0 Å². The molecule has 2 rings (SSSR count). The van der Waals surface area contributed by atoms with E-state index in [-0.39, 0.29) is 17.5 Å². The van der Waals surface area contributed by atoms with E-state index in [1.54, 1.807) is 24.5 Å². The summed E-state index contributed by atoms with van der Waals surface area (Å²) in [7, 11) is 0. The molecule has 3 nitrogen and oxygen atoms in total. The van der Waals surface area contributed by atoms with E-state index in [0.29, 0.717) is 4.47 Å². The Morgan fingerprint density at radius 3 is 2.84 bits per heavy atom. The fourth-order valence-electron chi connectivity index (χ4n) is 1.63. The molecule has 1 aromatic carbocycles. The highest BCUT2D eigenvalue weighted by molar-refractivity contribution is 9.10. The molecule has 0 aliphatic rings. The van der Waals surface area contributed by atoms with Gasteiger partial charge < -0.3 is 5.32 Å². The Morgan fingerprint density at radius 1 is 1.42 bits per heavy atom. The Labute approximate surface area is 119 Å². The minimum Gasteiger partial charge on any atom is -0.345 e. The van der Waals surface area contributed by atoms with Gasteiger partial charge in [0, 0.05) is 18.0 Å². The van der Waals surface area contributed by atoms with E-state index in [0.717, 1.165) is 5.56 Å². The van der Waals surface area contributed by atoms with Crippen LogP contribution in [0.25, 0.3) is 0 Å². The summed E-state index contributed by atoms with van der Waals surface area (Å²) in [5.74, 6) is -0.774. The van der Waals surface area contributed by atoms with Gasteiger partial charge >= 0.3 is 0 Å². The summed E-state index contributed by atoms with van der Waals surface area (Å²) < 4.78 is 13.7. The van der Waals surface area contributed by atoms with Crippen LogP contribution in [0.3, 0.4) is 0 Å². The molecule has 98 valence electrons. The Bertz CT molecular complexity index is 589. The molecule has 0 spiro atoms. The lowest BCUT2D eigenvalue weighted by atomic mass is 10.1. The van der Waals surface area contributed by atoms with Crippen LogP contribution in [0.4, 0.5) is 4.39 Å². The first-order valence-electron chi connectivity index (χ1n) is 5.74. The number of amides is 1. The zero-order valence-corrected chi connectivity index (χ0v) is 11.8. The third-order valence-electron chi connectivity index (χ3n) is 2.71. The highest BCUT2D eigenvalue weighted by Crippen LogP contribution is 2.17. The van der Waals surface area contributed by atoms with E-state index in [9.17, 15) is 9.18 Å². The molecule has 0 radical (unpaired) electrons. The second-order valence-corrected chi connectivity index (χ2v) is 4.96. The summed E-state index contributed by atoms with van der Waals surface area (Å²) in [4.78, 5) is 16.0. The molecule has 19 heavy (non-hydrogen) atoms. The van der Waals surface area contributed by atoms with Crippen molar-refractivity contribution in [2.45, 2.75) is 13.0 Å². The van der Waals surface area contributed by atoms with Gasteiger partial charge in [0.1, 0.15) is 5.82 Å². The van der Waals surface area contributed by atoms with Gasteiger partial charge in [0.2, 0.25) is 0 Å². The van der Waals surface area contributed by atoms with Crippen molar-refractivity contribution in [2.75, 3.05) is 0 Å². The molecule has 1 aromatic heterocycles. The molecule has 0 saturated carbocycles. The molecular formula is C14H12BrFN2O. The number of aromatic nitrogens is 1. The van der Waals surface area contributed by atoms with E-state index in [1.165, 1.54) is 12.1 Å². The van der Waals surface area contributed by atoms with E-state index in [1.807, 2.05) is 13.0 Å². The Balaban J connectivity index is 2.11. The highest BCUT2D eigenvalue weighted by atomic mass is 79.9. The molecule has 0 saturated heterocycles. The van der Waals surface area contributed by atoms with Gasteiger partial charge in [-0.2, -0.15) is 0 Å². The van der Waals surface area contributed by atoms with Crippen molar-refractivity contribution in [3.63, 3.8) is 0 Å². The minimum atomic E-state index is -0.457. The van der Waals surface area contributed by atoms with Crippen LogP contribution in [0, 0.1) is 5.82 Å². The summed E-state index contributed by atoms with van der Waals surface area (Å²) in [6.07, 6.45) is 3.36. The van der Waals surface area contributed by atoms with Gasteiger partial charge in [0.05, 0.1) is 10.5 Å². The van der Waals surface area contributed by atoms with Gasteiger partial charge in [0.15, 0.2) is 0 Å². The van der Waals surface area contributed by atoms with Crippen molar-refractivity contribution >= 4 is 21.8 Å². The quantitative estimate of drug-likeness (QED) is 0.940. The van der Waals surface area contributed by atoms with Crippen molar-refractivity contribution in [3.05, 3.63) is 64.1 Å². The molecular weight excluding hydrogens is 311 g/mol. The smallest absolute Gasteiger partial charge is 0.251 e. The third-order valence-corrected chi connectivity index (χ3v) is 3.36. The van der Waals surface area contributed by atoms with Crippen LogP contribution in [0.15, 0.2) is 47.2 Å². The number of halogens is 2. The second kappa shape index (κ2) is 5.93. The largest absolute Gasteiger partial charge is 0.345 e. The SMILES string of the molecule is CC(NC(=O)c1ccc(Br)c(F)c1)c1cccnc1. The maximum absolute atomic E-state index is 13.4. The van der Waals surface area contributed by atoms with Crippen LogP contribution in [0.5, 0.6) is 0 Å². The van der Waals surface area contributed by atoms with Crippen LogP contribution in [0.1, 0.15) is 28.9 Å². The predicted octanol–water partition coefficient (Wildman–Crippen LogP) is 3.47. The molecule has 1 amide bonds. The average molecular weight is 323 g/mol. The molecule has 0 fully saturated rings. The van der Waals surface area contributed by atoms with E-state index < -0.39 is 5.82 Å². The molecule has 2 aromatic rings. The van der Waals surface area contributed by atoms with Gasteiger partial charge in [-0.15, -0.1) is 0 Å². The number of carbonyl (C=O) groups excluding carboxylic acids is 1. The lowest BCUT2D eigenvalue weighted by Gasteiger charge is -2.14. The number of hydrogen-bond donors (Lipinski definition) is 1. The highest BCUT2D eigenvalue weighted by Gasteiger charge is 2.12. The molecule has 0 bridgehead atoms. The van der Waals surface area contributed by atoms with Crippen LogP contribution in [-0.4, -0.2) is 10.9 Å². The van der Waals surface area contributed by atoms with Crippen LogP contribution in [0.2, 0.25) is 0 Å². The van der Waals surface area contributed by atoms with E-state index in [2.05, 4.69) is 26.2 Å². The van der Waals surface area contributed by atoms with Gasteiger partial charge in [0.25, 0.3) is 5.91 Å². The van der Waals surface area contributed by atoms with Crippen LogP contribution in [-0.2, 0) is 0 Å². The molecule has 1 N–H and O–H groups in total. The third kappa shape index (κ3) is 3.38. The zero-order valence-electron chi connectivity index (χ0n) is 10.2. The normalized spacial score (nSPS) is 11.9. The summed E-state index contributed by atoms with van der Waals surface area (Å²) >= 11 is 3.05. The Morgan fingerprint density at radius 2 is 2.21 bits per heavy atom. The molecule has 5 heteroatoms. The van der Waals surface area contributed by atoms with Gasteiger partial charge in [-0.25, -0.2) is 4.39 Å². The first kappa shape index (κ1) is 13.7. The maximum Gasteiger partial charge on any atom is 0.251 e. The van der Waals surface area contributed by atoms with Crippen molar-refractivity contribution in [1.82, 2.24) is 10.3 Å². The van der Waals surface area contributed by atoms with Crippen molar-refractivity contribution < 1.29 is 9.18 Å². The summed E-state index contributed by atoms with van der Waals surface area (Å²) in [6.45, 7) is 1.85. The summed E-state index contributed by atoms with van der Waals surface area (Å²) in [5.41, 5.74) is 1.19. The predicted molar refractivity (Wildman–Crippen MR) is 74.2 cm³/mol. The monoisotopic (exact) mass is 322 g/mol. The molecule has 1 heterocycles. The van der Waals surface area contributed by atoms with Crippen molar-refractivity contribution in [3.8, 4) is 0 Å². The maximum atomic E-state index is 13.4. The average Bonchev–Trinajstić information content (AvgIpc) is 2.42. The zero-order chi connectivity index (χ0) is 13.8. The lowest BCUT2D eigenvalue weighted by Crippen LogP contribution is -2.26. The molecule has 1 atom stereocenters. The van der Waals surface area contributed by atoms with E-state index >= 15 is 0 Å². The standard InChI is InChI=1S/C14H12BrFN2O/c1-9(11-3-2-6-17-8-11)18-14(19)10-4-5-12(15)13(16)7-10/h2-9H,1H3,(H,18,19). The molecule has 0 aliphatic carbocycles. The molecule has 1 unspecified atom stereocenters. The lowest BCUT2D eigenvalue weighted by molar-refractivity contribution is 0.0939. The van der Waals surface area contributed by atoms with E-state index in [4.69, 9.17) is 0 Å². The minimum absolute atomic E-state index is 0.187. The Kier molecular flexibility index (Phi) is 4.27. The number of hydrogen-bond acceptors (Lipinski definition) is 2. The van der Waals surface area contributed by atoms with Crippen LogP contribution < -0.4 is 5.32 Å². The summed E-state index contributed by atoms with van der Waals surface area (Å²) in [6, 6.07) is 7.78. The number of carbonyl (C=O) groups is 1.